The lowest BCUT2D eigenvalue weighted by Gasteiger charge is -2.32. The number of methoxy groups -OCH3 is 1. The summed E-state index contributed by atoms with van der Waals surface area (Å²) in [4.78, 5) is 14.8. The summed E-state index contributed by atoms with van der Waals surface area (Å²) in [6.07, 6.45) is 0.899. The van der Waals surface area contributed by atoms with Gasteiger partial charge in [-0.15, -0.1) is 0 Å². The molecule has 0 atom stereocenters. The number of hydrogen-bond donors (Lipinski definition) is 0. The minimum absolute atomic E-state index is 0.0258. The normalized spacial score (nSPS) is 15.6. The summed E-state index contributed by atoms with van der Waals surface area (Å²) in [5.41, 5.74) is 2.77. The van der Waals surface area contributed by atoms with E-state index in [4.69, 9.17) is 4.74 Å². The second-order valence-electron chi connectivity index (χ2n) is 7.09. The highest BCUT2D eigenvalue weighted by atomic mass is 32.2. The van der Waals surface area contributed by atoms with E-state index in [0.717, 1.165) is 11.1 Å². The highest BCUT2D eigenvalue weighted by molar-refractivity contribution is 7.92. The molecule has 27 heavy (non-hydrogen) atoms. The average molecular weight is 388 g/mol. The van der Waals surface area contributed by atoms with E-state index in [1.54, 1.807) is 36.3 Å². The molecule has 1 saturated heterocycles. The zero-order chi connectivity index (χ0) is 19.6. The number of sulfone groups is 1. The van der Waals surface area contributed by atoms with Crippen molar-refractivity contribution in [3.05, 3.63) is 59.2 Å². The van der Waals surface area contributed by atoms with Crippen molar-refractivity contribution in [1.29, 1.82) is 0 Å². The van der Waals surface area contributed by atoms with Crippen LogP contribution in [0, 0.1) is 13.8 Å². The van der Waals surface area contributed by atoms with Gasteiger partial charge < -0.3 is 9.64 Å². The minimum atomic E-state index is -3.41. The first-order chi connectivity index (χ1) is 12.8. The number of amides is 1. The number of carbonyl (C=O) groups excluding carboxylic acids is 1. The average Bonchev–Trinajstić information content (AvgIpc) is 2.67. The van der Waals surface area contributed by atoms with Crippen molar-refractivity contribution in [2.24, 2.45) is 0 Å². The summed E-state index contributed by atoms with van der Waals surface area (Å²) in [6.45, 7) is 4.84. The maximum Gasteiger partial charge on any atom is 0.253 e. The Hall–Kier alpha value is -2.34. The quantitative estimate of drug-likeness (QED) is 0.807. The van der Waals surface area contributed by atoms with Crippen LogP contribution in [0.5, 0.6) is 5.75 Å². The van der Waals surface area contributed by atoms with Crippen LogP contribution in [0.3, 0.4) is 0 Å². The van der Waals surface area contributed by atoms with Crippen molar-refractivity contribution >= 4 is 15.7 Å². The molecule has 2 aromatic rings. The van der Waals surface area contributed by atoms with Crippen LogP contribution in [0.15, 0.2) is 47.4 Å². The van der Waals surface area contributed by atoms with Crippen LogP contribution >= 0.6 is 0 Å². The lowest BCUT2D eigenvalue weighted by molar-refractivity contribution is 0.0725. The van der Waals surface area contributed by atoms with Gasteiger partial charge >= 0.3 is 0 Å². The van der Waals surface area contributed by atoms with Gasteiger partial charge in [-0.25, -0.2) is 8.42 Å². The van der Waals surface area contributed by atoms with E-state index in [9.17, 15) is 13.2 Å². The van der Waals surface area contributed by atoms with E-state index < -0.39 is 15.1 Å². The number of benzene rings is 2. The zero-order valence-electron chi connectivity index (χ0n) is 15.9. The van der Waals surface area contributed by atoms with E-state index >= 15 is 0 Å². The summed E-state index contributed by atoms with van der Waals surface area (Å²) in [6, 6.07) is 12.3. The number of likely N-dealkylation sites (tertiary alicyclic amines) is 1. The maximum absolute atomic E-state index is 12.9. The maximum atomic E-state index is 12.9. The van der Waals surface area contributed by atoms with E-state index in [1.807, 2.05) is 32.0 Å². The summed E-state index contributed by atoms with van der Waals surface area (Å²) >= 11 is 0. The fourth-order valence-corrected chi connectivity index (χ4v) is 5.34. The predicted octanol–water partition coefficient (Wildman–Crippen LogP) is 3.39. The van der Waals surface area contributed by atoms with E-state index in [2.05, 4.69) is 0 Å². The first-order valence-corrected chi connectivity index (χ1v) is 10.6. The molecule has 0 N–H and O–H groups in total. The monoisotopic (exact) mass is 387 g/mol. The third-order valence-electron chi connectivity index (χ3n) is 5.02. The van der Waals surface area contributed by atoms with Crippen LogP contribution in [0.1, 0.15) is 34.3 Å². The Morgan fingerprint density at radius 3 is 2.07 bits per heavy atom. The summed E-state index contributed by atoms with van der Waals surface area (Å²) in [5.74, 6) is 0.602. The highest BCUT2D eigenvalue weighted by Crippen LogP contribution is 2.27. The van der Waals surface area contributed by atoms with Crippen LogP contribution in [-0.4, -0.2) is 44.7 Å². The molecule has 0 unspecified atom stereocenters. The Morgan fingerprint density at radius 1 is 1.00 bits per heavy atom. The van der Waals surface area contributed by atoms with E-state index in [0.29, 0.717) is 42.1 Å². The molecule has 0 radical (unpaired) electrons. The lowest BCUT2D eigenvalue weighted by Crippen LogP contribution is -2.42. The van der Waals surface area contributed by atoms with Gasteiger partial charge in [0.05, 0.1) is 17.3 Å². The molecular formula is C21H25NO4S. The highest BCUT2D eigenvalue weighted by Gasteiger charge is 2.33. The van der Waals surface area contributed by atoms with Gasteiger partial charge in [-0.3, -0.25) is 4.79 Å². The third-order valence-corrected chi connectivity index (χ3v) is 7.30. The SMILES string of the molecule is COc1ccc(S(=O)(=O)C2CCN(C(=O)c3cc(C)cc(C)c3)CC2)cc1. The first kappa shape index (κ1) is 19.4. The second-order valence-corrected chi connectivity index (χ2v) is 9.32. The van der Waals surface area contributed by atoms with Gasteiger partial charge in [-0.05, 0) is 63.1 Å². The molecule has 0 saturated carbocycles. The van der Waals surface area contributed by atoms with Gasteiger partial charge in [0.15, 0.2) is 9.84 Å². The number of rotatable bonds is 4. The molecule has 2 aromatic carbocycles. The Kier molecular flexibility index (Phi) is 5.56. The third kappa shape index (κ3) is 4.16. The van der Waals surface area contributed by atoms with Gasteiger partial charge in [0.1, 0.15) is 5.75 Å². The molecule has 0 bridgehead atoms. The summed E-state index contributed by atoms with van der Waals surface area (Å²) < 4.78 is 30.8. The number of piperidine rings is 1. The van der Waals surface area contributed by atoms with E-state index in [1.165, 1.54) is 0 Å². The molecule has 1 amide bonds. The van der Waals surface area contributed by atoms with Gasteiger partial charge in [0.25, 0.3) is 5.91 Å². The van der Waals surface area contributed by atoms with E-state index in [-0.39, 0.29) is 5.91 Å². The standard InChI is InChI=1S/C21H25NO4S/c1-15-12-16(2)14-17(13-15)21(23)22-10-8-20(9-11-22)27(24,25)19-6-4-18(26-3)5-7-19/h4-7,12-14,20H,8-11H2,1-3H3. The van der Waals surface area contributed by atoms with Crippen LogP contribution in [-0.2, 0) is 9.84 Å². The van der Waals surface area contributed by atoms with Crippen LogP contribution < -0.4 is 4.74 Å². The van der Waals surface area contributed by atoms with Crippen LogP contribution in [0.4, 0.5) is 0 Å². The molecule has 0 aromatic heterocycles. The van der Waals surface area contributed by atoms with Gasteiger partial charge in [-0.2, -0.15) is 0 Å². The fraction of sp³-hybridized carbons (Fsp3) is 0.381. The molecule has 1 aliphatic heterocycles. The topological polar surface area (TPSA) is 63.7 Å². The van der Waals surface area contributed by atoms with Gasteiger partial charge in [-0.1, -0.05) is 17.2 Å². The first-order valence-electron chi connectivity index (χ1n) is 9.07. The molecule has 3 rings (SSSR count). The minimum Gasteiger partial charge on any atom is -0.497 e. The van der Waals surface area contributed by atoms with Crippen molar-refractivity contribution in [3.8, 4) is 5.75 Å². The number of ether oxygens (including phenoxy) is 1. The second kappa shape index (κ2) is 7.72. The van der Waals surface area contributed by atoms with Crippen LogP contribution in [0.25, 0.3) is 0 Å². The lowest BCUT2D eigenvalue weighted by atomic mass is 10.0. The largest absolute Gasteiger partial charge is 0.497 e. The number of aryl methyl sites for hydroxylation is 2. The Labute approximate surface area is 160 Å². The van der Waals surface area contributed by atoms with Crippen molar-refractivity contribution in [2.75, 3.05) is 20.2 Å². The molecule has 1 aliphatic rings. The number of hydrogen-bond acceptors (Lipinski definition) is 4. The molecule has 1 heterocycles. The van der Waals surface area contributed by atoms with Crippen LogP contribution in [0.2, 0.25) is 0 Å². The van der Waals surface area contributed by atoms with Gasteiger partial charge in [0, 0.05) is 18.7 Å². The number of nitrogens with zero attached hydrogens (tertiary/aromatic N) is 1. The Balaban J connectivity index is 1.69. The molecule has 0 spiro atoms. The zero-order valence-corrected chi connectivity index (χ0v) is 16.8. The van der Waals surface area contributed by atoms with Gasteiger partial charge in [0.2, 0.25) is 0 Å². The smallest absolute Gasteiger partial charge is 0.253 e. The van der Waals surface area contributed by atoms with Crippen molar-refractivity contribution in [1.82, 2.24) is 4.90 Å². The Bertz CT molecular complexity index is 907. The van der Waals surface area contributed by atoms with Crippen molar-refractivity contribution in [2.45, 2.75) is 36.8 Å². The fourth-order valence-electron chi connectivity index (χ4n) is 3.61. The predicted molar refractivity (Wildman–Crippen MR) is 105 cm³/mol. The molecule has 6 heteroatoms. The number of carbonyl (C=O) groups is 1. The molecule has 144 valence electrons. The van der Waals surface area contributed by atoms with Crippen molar-refractivity contribution in [3.63, 3.8) is 0 Å². The Morgan fingerprint density at radius 2 is 1.56 bits per heavy atom. The van der Waals surface area contributed by atoms with Crippen molar-refractivity contribution < 1.29 is 17.9 Å². The summed E-state index contributed by atoms with van der Waals surface area (Å²) in [7, 11) is -1.86. The molecule has 1 fully saturated rings. The molecule has 0 aliphatic carbocycles. The summed E-state index contributed by atoms with van der Waals surface area (Å²) in [5, 5.41) is -0.464. The molecule has 5 nitrogen and oxygen atoms in total. The molecular weight excluding hydrogens is 362 g/mol.